The molecule has 9 nitrogen and oxygen atoms in total. The van der Waals surface area contributed by atoms with Crippen LogP contribution >= 0.6 is 23.2 Å². The topological polar surface area (TPSA) is 105 Å². The van der Waals surface area contributed by atoms with Gasteiger partial charge in [0.15, 0.2) is 0 Å². The van der Waals surface area contributed by atoms with Gasteiger partial charge in [0, 0.05) is 26.5 Å². The van der Waals surface area contributed by atoms with Crippen molar-refractivity contribution in [1.82, 2.24) is 28.8 Å². The number of halogens is 2. The maximum Gasteiger partial charge on any atom is 0.346 e. The van der Waals surface area contributed by atoms with Gasteiger partial charge in [-0.25, -0.2) is 19.3 Å². The summed E-state index contributed by atoms with van der Waals surface area (Å²) in [6.07, 6.45) is 2.58. The first-order valence-corrected chi connectivity index (χ1v) is 8.74. The molecule has 11 heteroatoms. The molecular formula is C17H12Cl2N6O3. The lowest BCUT2D eigenvalue weighted by molar-refractivity contribution is 0.0822. The highest BCUT2D eigenvalue weighted by molar-refractivity contribution is 6.37. The molecule has 0 atom stereocenters. The predicted octanol–water partition coefficient (Wildman–Crippen LogP) is 1.73. The van der Waals surface area contributed by atoms with Gasteiger partial charge in [-0.15, -0.1) is 0 Å². The first-order valence-electron chi connectivity index (χ1n) is 7.98. The fourth-order valence-electron chi connectivity index (χ4n) is 2.87. The minimum atomic E-state index is -0.643. The minimum Gasteiger partial charge on any atom is -0.343 e. The molecule has 3 heterocycles. The van der Waals surface area contributed by atoms with Gasteiger partial charge in [-0.3, -0.25) is 19.0 Å². The van der Waals surface area contributed by atoms with Gasteiger partial charge in [-0.2, -0.15) is 0 Å². The predicted molar refractivity (Wildman–Crippen MR) is 105 cm³/mol. The van der Waals surface area contributed by atoms with Gasteiger partial charge in [0.05, 0.1) is 15.7 Å². The summed E-state index contributed by atoms with van der Waals surface area (Å²) in [5.41, 5.74) is -0.744. The first kappa shape index (κ1) is 18.2. The highest BCUT2D eigenvalue weighted by Gasteiger charge is 2.22. The molecular weight excluding hydrogens is 407 g/mol. The Morgan fingerprint density at radius 1 is 1.18 bits per heavy atom. The highest BCUT2D eigenvalue weighted by Crippen LogP contribution is 2.29. The van der Waals surface area contributed by atoms with Crippen molar-refractivity contribution >= 4 is 45.9 Å². The number of amides is 1. The molecule has 0 fully saturated rings. The molecule has 4 rings (SSSR count). The van der Waals surface area contributed by atoms with Gasteiger partial charge in [0.1, 0.15) is 16.7 Å². The van der Waals surface area contributed by atoms with Crippen LogP contribution in [-0.4, -0.2) is 48.8 Å². The van der Waals surface area contributed by atoms with Gasteiger partial charge in [-0.05, 0) is 12.1 Å². The summed E-state index contributed by atoms with van der Waals surface area (Å²) in [5.74, 6) is -0.308. The zero-order valence-electron chi connectivity index (χ0n) is 14.6. The van der Waals surface area contributed by atoms with Crippen LogP contribution in [-0.2, 0) is 0 Å². The Balaban J connectivity index is 2.24. The van der Waals surface area contributed by atoms with Crippen LogP contribution in [0.3, 0.4) is 0 Å². The summed E-state index contributed by atoms with van der Waals surface area (Å²) < 4.78 is 2.62. The number of para-hydroxylation sites is 1. The summed E-state index contributed by atoms with van der Waals surface area (Å²) >= 11 is 12.6. The number of nitrogens with one attached hydrogen (secondary N) is 1. The van der Waals surface area contributed by atoms with E-state index in [1.807, 2.05) is 0 Å². The molecule has 0 aliphatic carbocycles. The fraction of sp³-hybridized carbons (Fsp3) is 0.118. The molecule has 0 bridgehead atoms. The standard InChI is InChI=1S/C17H12Cl2N6O3/c1-23(2)15(27)11-7-24-13-8(6-20-16(28)22-13)14(26)25(17(24)21-11)12-9(18)4-3-5-10(12)19/h3-7H,1-2H3,(H,20,22,28). The average Bonchev–Trinajstić information content (AvgIpc) is 3.08. The zero-order chi connectivity index (χ0) is 20.2. The second-order valence-corrected chi connectivity index (χ2v) is 6.97. The lowest BCUT2D eigenvalue weighted by Gasteiger charge is -2.12. The van der Waals surface area contributed by atoms with Gasteiger partial charge >= 0.3 is 5.69 Å². The summed E-state index contributed by atoms with van der Waals surface area (Å²) in [6, 6.07) is 4.80. The molecule has 1 aromatic carbocycles. The summed E-state index contributed by atoms with van der Waals surface area (Å²) in [4.78, 5) is 49.1. The molecule has 28 heavy (non-hydrogen) atoms. The van der Waals surface area contributed by atoms with Gasteiger partial charge in [0.25, 0.3) is 11.5 Å². The largest absolute Gasteiger partial charge is 0.346 e. The lowest BCUT2D eigenvalue weighted by atomic mass is 10.3. The fourth-order valence-corrected chi connectivity index (χ4v) is 3.44. The van der Waals surface area contributed by atoms with E-state index in [-0.39, 0.29) is 44.1 Å². The molecule has 0 spiro atoms. The van der Waals surface area contributed by atoms with Crippen molar-refractivity contribution in [3.05, 3.63) is 67.2 Å². The minimum absolute atomic E-state index is 0.0690. The quantitative estimate of drug-likeness (QED) is 0.533. The Morgan fingerprint density at radius 3 is 2.50 bits per heavy atom. The average molecular weight is 419 g/mol. The number of imidazole rings is 1. The first-order chi connectivity index (χ1) is 13.3. The number of benzene rings is 1. The van der Waals surface area contributed by atoms with E-state index in [4.69, 9.17) is 23.2 Å². The third-order valence-corrected chi connectivity index (χ3v) is 4.75. The Kier molecular flexibility index (Phi) is 4.20. The Labute approximate surface area is 166 Å². The van der Waals surface area contributed by atoms with Crippen LogP contribution < -0.4 is 11.2 Å². The smallest absolute Gasteiger partial charge is 0.343 e. The number of fused-ring (bicyclic) bond motifs is 3. The SMILES string of the molecule is CN(C)C(=O)c1cn2c3[nH]c(=O)ncc3c(=O)n(-c3c(Cl)cccc3Cl)c2n1. The van der Waals surface area contributed by atoms with E-state index in [2.05, 4.69) is 15.0 Å². The third-order valence-electron chi connectivity index (χ3n) is 4.14. The number of rotatable bonds is 2. The van der Waals surface area contributed by atoms with Crippen molar-refractivity contribution in [1.29, 1.82) is 0 Å². The normalized spacial score (nSPS) is 11.3. The molecule has 0 aliphatic rings. The van der Waals surface area contributed by atoms with E-state index in [9.17, 15) is 14.4 Å². The summed E-state index contributed by atoms with van der Waals surface area (Å²) in [6.45, 7) is 0. The van der Waals surface area contributed by atoms with Crippen LogP contribution in [0.5, 0.6) is 0 Å². The number of nitrogens with zero attached hydrogens (tertiary/aromatic N) is 5. The van der Waals surface area contributed by atoms with Crippen LogP contribution in [0.4, 0.5) is 0 Å². The Morgan fingerprint density at radius 2 is 1.86 bits per heavy atom. The monoisotopic (exact) mass is 418 g/mol. The molecule has 4 aromatic rings. The maximum atomic E-state index is 13.2. The molecule has 3 aromatic heterocycles. The van der Waals surface area contributed by atoms with E-state index in [1.54, 1.807) is 32.3 Å². The van der Waals surface area contributed by atoms with Crippen molar-refractivity contribution in [2.24, 2.45) is 0 Å². The Hall–Kier alpha value is -3.17. The van der Waals surface area contributed by atoms with Crippen molar-refractivity contribution in [2.75, 3.05) is 14.1 Å². The van der Waals surface area contributed by atoms with Crippen LogP contribution in [0.1, 0.15) is 10.5 Å². The van der Waals surface area contributed by atoms with E-state index < -0.39 is 11.2 Å². The molecule has 1 amide bonds. The van der Waals surface area contributed by atoms with Gasteiger partial charge in [0.2, 0.25) is 5.78 Å². The van der Waals surface area contributed by atoms with Crippen molar-refractivity contribution in [2.45, 2.75) is 0 Å². The van der Waals surface area contributed by atoms with Crippen LogP contribution in [0.2, 0.25) is 10.0 Å². The van der Waals surface area contributed by atoms with E-state index >= 15 is 0 Å². The van der Waals surface area contributed by atoms with E-state index in [0.29, 0.717) is 0 Å². The molecule has 0 saturated carbocycles. The number of carbonyl (C=O) groups excluding carboxylic acids is 1. The molecule has 0 unspecified atom stereocenters. The molecule has 0 saturated heterocycles. The number of aromatic nitrogens is 5. The van der Waals surface area contributed by atoms with Crippen molar-refractivity contribution < 1.29 is 4.79 Å². The second kappa shape index (κ2) is 6.47. The molecule has 142 valence electrons. The van der Waals surface area contributed by atoms with Crippen LogP contribution in [0.15, 0.2) is 40.2 Å². The second-order valence-electron chi connectivity index (χ2n) is 6.16. The van der Waals surface area contributed by atoms with Gasteiger partial charge < -0.3 is 4.90 Å². The summed E-state index contributed by atoms with van der Waals surface area (Å²) in [5, 5.41) is 0.540. The third kappa shape index (κ3) is 2.67. The van der Waals surface area contributed by atoms with Crippen LogP contribution in [0, 0.1) is 0 Å². The van der Waals surface area contributed by atoms with E-state index in [1.165, 1.54) is 20.1 Å². The van der Waals surface area contributed by atoms with Crippen LogP contribution in [0.25, 0.3) is 22.5 Å². The van der Waals surface area contributed by atoms with Crippen molar-refractivity contribution in [3.8, 4) is 5.69 Å². The number of hydrogen-bond donors (Lipinski definition) is 1. The van der Waals surface area contributed by atoms with Crippen molar-refractivity contribution in [3.63, 3.8) is 0 Å². The van der Waals surface area contributed by atoms with Gasteiger partial charge in [-0.1, -0.05) is 29.3 Å². The summed E-state index contributed by atoms with van der Waals surface area (Å²) in [7, 11) is 3.16. The van der Waals surface area contributed by atoms with E-state index in [0.717, 1.165) is 6.20 Å². The Bertz CT molecular complexity index is 1370. The lowest BCUT2D eigenvalue weighted by Crippen LogP contribution is -2.25. The molecule has 0 radical (unpaired) electrons. The molecule has 0 aliphatic heterocycles. The number of hydrogen-bond acceptors (Lipinski definition) is 5. The molecule has 1 N–H and O–H groups in total. The highest BCUT2D eigenvalue weighted by atomic mass is 35.5. The number of carbonyl (C=O) groups is 1. The zero-order valence-corrected chi connectivity index (χ0v) is 16.1. The number of aromatic amines is 1. The number of H-pyrrole nitrogens is 1. The maximum absolute atomic E-state index is 13.2.